The Bertz CT molecular complexity index is 1480. The third-order valence-corrected chi connectivity index (χ3v) is 7.06. The van der Waals surface area contributed by atoms with Gasteiger partial charge in [0.05, 0.1) is 25.9 Å². The maximum absolute atomic E-state index is 14.0. The quantitative estimate of drug-likeness (QED) is 0.364. The van der Waals surface area contributed by atoms with Crippen LogP contribution in [0.2, 0.25) is 0 Å². The summed E-state index contributed by atoms with van der Waals surface area (Å²) in [4.78, 5) is 32.7. The minimum atomic E-state index is -0.638. The number of carbonyl (C=O) groups excluding carboxylic acids is 2. The molecule has 1 aliphatic heterocycles. The highest BCUT2D eigenvalue weighted by atomic mass is 35.5. The van der Waals surface area contributed by atoms with Crippen LogP contribution in [0.1, 0.15) is 24.5 Å². The summed E-state index contributed by atoms with van der Waals surface area (Å²) in [6.45, 7) is 2.06. The zero-order valence-electron chi connectivity index (χ0n) is 22.0. The lowest BCUT2D eigenvalue weighted by Gasteiger charge is -2.28. The summed E-state index contributed by atoms with van der Waals surface area (Å²) in [5, 5.41) is 15.9. The van der Waals surface area contributed by atoms with Crippen molar-refractivity contribution in [3.8, 4) is 17.1 Å². The predicted octanol–water partition coefficient (Wildman–Crippen LogP) is 3.69. The lowest BCUT2D eigenvalue weighted by Crippen LogP contribution is -2.52. The third-order valence-electron chi connectivity index (χ3n) is 7.06. The van der Waals surface area contributed by atoms with Gasteiger partial charge in [-0.25, -0.2) is 4.98 Å². The van der Waals surface area contributed by atoms with E-state index in [2.05, 4.69) is 25.8 Å². The van der Waals surface area contributed by atoms with Gasteiger partial charge in [0.25, 0.3) is 0 Å². The number of hydrogen-bond acceptors (Lipinski definition) is 7. The number of methoxy groups -OCH3 is 1. The molecule has 1 aromatic heterocycles. The molecule has 39 heavy (non-hydrogen) atoms. The highest BCUT2D eigenvalue weighted by Crippen LogP contribution is 2.35. The van der Waals surface area contributed by atoms with Crippen molar-refractivity contribution in [1.29, 1.82) is 0 Å². The first-order chi connectivity index (χ1) is 18.5. The van der Waals surface area contributed by atoms with Crippen LogP contribution >= 0.6 is 12.4 Å². The smallest absolute Gasteiger partial charge is 0.249 e. The molecule has 4 aromatic rings. The van der Waals surface area contributed by atoms with Crippen LogP contribution in [0.15, 0.2) is 67.0 Å². The first-order valence-corrected chi connectivity index (χ1v) is 12.6. The van der Waals surface area contributed by atoms with Gasteiger partial charge < -0.3 is 20.3 Å². The number of aryl methyl sites for hydroxylation is 1. The number of para-hydroxylation sites is 1. The van der Waals surface area contributed by atoms with Crippen LogP contribution in [-0.2, 0) is 22.6 Å². The molecule has 202 valence electrons. The number of halogens is 1. The molecule has 3 aromatic carbocycles. The molecule has 2 atom stereocenters. The summed E-state index contributed by atoms with van der Waals surface area (Å²) < 4.78 is 5.75. The number of ether oxygens (including phenoxy) is 1. The highest BCUT2D eigenvalue weighted by Gasteiger charge is 2.33. The van der Waals surface area contributed by atoms with Crippen LogP contribution in [0.3, 0.4) is 0 Å². The molecule has 2 unspecified atom stereocenters. The molecular weight excluding hydrogens is 516 g/mol. The van der Waals surface area contributed by atoms with Gasteiger partial charge in [-0.2, -0.15) is 5.10 Å². The SMILES string of the molecule is CNC(C)C(=O)NC1CCc2ccccc2N(Cc2c(OC)ccc3cc(-c4nccnn4)ccc23)C1=O.Cl. The number of nitrogens with zero attached hydrogens (tertiary/aromatic N) is 4. The Morgan fingerprint density at radius 3 is 2.72 bits per heavy atom. The molecular formula is C29H31ClN6O3. The van der Waals surface area contributed by atoms with E-state index in [1.807, 2.05) is 54.6 Å². The Hall–Kier alpha value is -4.08. The van der Waals surface area contributed by atoms with Gasteiger partial charge in [0.2, 0.25) is 11.8 Å². The highest BCUT2D eigenvalue weighted by molar-refractivity contribution is 6.02. The number of likely N-dealkylation sites (N-methyl/N-ethyl adjacent to an activating group) is 1. The van der Waals surface area contributed by atoms with Crippen molar-refractivity contribution in [1.82, 2.24) is 25.8 Å². The van der Waals surface area contributed by atoms with Crippen molar-refractivity contribution < 1.29 is 14.3 Å². The van der Waals surface area contributed by atoms with E-state index in [-0.39, 0.29) is 30.8 Å². The molecule has 0 saturated carbocycles. The summed E-state index contributed by atoms with van der Waals surface area (Å²) in [5.41, 5.74) is 3.63. The molecule has 0 radical (unpaired) electrons. The zero-order chi connectivity index (χ0) is 26.6. The minimum Gasteiger partial charge on any atom is -0.496 e. The minimum absolute atomic E-state index is 0. The fourth-order valence-electron chi connectivity index (χ4n) is 4.85. The summed E-state index contributed by atoms with van der Waals surface area (Å²) in [5.74, 6) is 0.871. The summed E-state index contributed by atoms with van der Waals surface area (Å²) in [7, 11) is 3.35. The van der Waals surface area contributed by atoms with Crippen molar-refractivity contribution in [2.24, 2.45) is 0 Å². The van der Waals surface area contributed by atoms with E-state index in [1.54, 1.807) is 38.4 Å². The monoisotopic (exact) mass is 546 g/mol. The molecule has 0 fully saturated rings. The van der Waals surface area contributed by atoms with Crippen LogP contribution in [0.4, 0.5) is 5.69 Å². The van der Waals surface area contributed by atoms with Gasteiger partial charge in [-0.3, -0.25) is 9.59 Å². The second-order valence-electron chi connectivity index (χ2n) is 9.31. The van der Waals surface area contributed by atoms with E-state index < -0.39 is 12.1 Å². The lowest BCUT2D eigenvalue weighted by molar-refractivity contribution is -0.128. The largest absolute Gasteiger partial charge is 0.496 e. The average molecular weight is 547 g/mol. The zero-order valence-corrected chi connectivity index (χ0v) is 22.9. The topological polar surface area (TPSA) is 109 Å². The predicted molar refractivity (Wildman–Crippen MR) is 153 cm³/mol. The first-order valence-electron chi connectivity index (χ1n) is 12.6. The van der Waals surface area contributed by atoms with E-state index >= 15 is 0 Å². The summed E-state index contributed by atoms with van der Waals surface area (Å²) in [6.07, 6.45) is 4.35. The maximum Gasteiger partial charge on any atom is 0.249 e. The van der Waals surface area contributed by atoms with Crippen molar-refractivity contribution in [3.63, 3.8) is 0 Å². The van der Waals surface area contributed by atoms with Gasteiger partial charge in [-0.05, 0) is 61.3 Å². The number of rotatable bonds is 7. The Labute approximate surface area is 233 Å². The van der Waals surface area contributed by atoms with Gasteiger partial charge in [0, 0.05) is 23.0 Å². The molecule has 2 amide bonds. The molecule has 0 aliphatic carbocycles. The molecule has 2 heterocycles. The van der Waals surface area contributed by atoms with Crippen molar-refractivity contribution in [2.75, 3.05) is 19.1 Å². The number of benzene rings is 3. The maximum atomic E-state index is 14.0. The third kappa shape index (κ3) is 5.69. The number of aromatic nitrogens is 3. The second-order valence-corrected chi connectivity index (χ2v) is 9.31. The lowest BCUT2D eigenvalue weighted by atomic mass is 9.99. The number of anilines is 1. The van der Waals surface area contributed by atoms with Crippen LogP contribution < -0.4 is 20.3 Å². The van der Waals surface area contributed by atoms with E-state index in [0.29, 0.717) is 24.4 Å². The molecule has 10 heteroatoms. The number of fused-ring (bicyclic) bond motifs is 2. The van der Waals surface area contributed by atoms with Crippen LogP contribution in [0, 0.1) is 0 Å². The second kappa shape index (κ2) is 12.2. The average Bonchev–Trinajstić information content (AvgIpc) is 3.09. The van der Waals surface area contributed by atoms with E-state index in [4.69, 9.17) is 4.74 Å². The Morgan fingerprint density at radius 2 is 1.97 bits per heavy atom. The number of amides is 2. The van der Waals surface area contributed by atoms with Crippen LogP contribution in [-0.4, -0.2) is 53.2 Å². The molecule has 9 nitrogen and oxygen atoms in total. The Morgan fingerprint density at radius 1 is 1.15 bits per heavy atom. The summed E-state index contributed by atoms with van der Waals surface area (Å²) >= 11 is 0. The van der Waals surface area contributed by atoms with Gasteiger partial charge in [0.15, 0.2) is 5.82 Å². The van der Waals surface area contributed by atoms with Gasteiger partial charge >= 0.3 is 0 Å². The molecule has 1 aliphatic rings. The first kappa shape index (κ1) is 27.9. The Kier molecular flexibility index (Phi) is 8.73. The molecule has 0 spiro atoms. The molecule has 5 rings (SSSR count). The Balaban J connectivity index is 0.00000353. The van der Waals surface area contributed by atoms with Crippen molar-refractivity contribution in [3.05, 3.63) is 78.1 Å². The molecule has 2 N–H and O–H groups in total. The van der Waals surface area contributed by atoms with Gasteiger partial charge in [0.1, 0.15) is 11.8 Å². The number of hydrogen-bond donors (Lipinski definition) is 2. The van der Waals surface area contributed by atoms with Gasteiger partial charge in [-0.1, -0.05) is 36.4 Å². The van der Waals surface area contributed by atoms with E-state index in [9.17, 15) is 9.59 Å². The normalized spacial score (nSPS) is 15.6. The standard InChI is InChI=1S/C29H30N6O3.ClH/c1-18(30-2)28(36)33-24-12-9-19-6-4-5-7-25(19)35(29(24)37)17-23-22-11-8-21(27-31-14-15-32-34-27)16-20(22)10-13-26(23)38-3;/h4-8,10-11,13-16,18,24,30H,9,12,17H2,1-3H3,(H,33,36);1H. The molecule has 0 saturated heterocycles. The number of nitrogens with one attached hydrogen (secondary N) is 2. The van der Waals surface area contributed by atoms with E-state index in [0.717, 1.165) is 33.2 Å². The van der Waals surface area contributed by atoms with Gasteiger partial charge in [-0.15, -0.1) is 17.5 Å². The van der Waals surface area contributed by atoms with E-state index in [1.165, 1.54) is 0 Å². The summed E-state index contributed by atoms with van der Waals surface area (Å²) in [6, 6.07) is 16.7. The number of carbonyl (C=O) groups is 2. The molecule has 0 bridgehead atoms. The van der Waals surface area contributed by atoms with Crippen LogP contribution in [0.5, 0.6) is 5.75 Å². The fourth-order valence-corrected chi connectivity index (χ4v) is 4.85. The van der Waals surface area contributed by atoms with Crippen LogP contribution in [0.25, 0.3) is 22.2 Å². The fraction of sp³-hybridized carbons (Fsp3) is 0.276. The van der Waals surface area contributed by atoms with Crippen molar-refractivity contribution in [2.45, 2.75) is 38.4 Å². The van der Waals surface area contributed by atoms with Crippen molar-refractivity contribution >= 4 is 40.7 Å².